The van der Waals surface area contributed by atoms with Crippen LogP contribution < -0.4 is 5.32 Å². The summed E-state index contributed by atoms with van der Waals surface area (Å²) in [7, 11) is 0. The molecular weight excluding hydrogens is 300 g/mol. The van der Waals surface area contributed by atoms with Crippen molar-refractivity contribution >= 4 is 17.9 Å². The fraction of sp³-hybridized carbons (Fsp3) is 0.100. The first kappa shape index (κ1) is 14.5. The maximum Gasteiger partial charge on any atom is 0.247 e. The molecule has 0 bridgehead atoms. The zero-order chi connectivity index (χ0) is 16.5. The van der Waals surface area contributed by atoms with Crippen LogP contribution >= 0.6 is 0 Å². The lowest BCUT2D eigenvalue weighted by atomic mass is 10.0. The Balaban J connectivity index is 1.88. The molecule has 0 aliphatic carbocycles. The molecule has 24 heavy (non-hydrogen) atoms. The fourth-order valence-electron chi connectivity index (χ4n) is 3.30. The van der Waals surface area contributed by atoms with Crippen LogP contribution in [0.25, 0.3) is 11.3 Å². The second-order valence-corrected chi connectivity index (χ2v) is 5.87. The summed E-state index contributed by atoms with van der Waals surface area (Å²) < 4.78 is 1.85. The maximum atomic E-state index is 12.9. The molecule has 0 spiro atoms. The summed E-state index contributed by atoms with van der Waals surface area (Å²) in [6.45, 7) is 0. The Morgan fingerprint density at radius 2 is 1.71 bits per heavy atom. The molecule has 0 unspecified atom stereocenters. The molecule has 2 aromatic carbocycles. The van der Waals surface area contributed by atoms with Crippen LogP contribution in [-0.2, 0) is 11.2 Å². The lowest BCUT2D eigenvalue weighted by Gasteiger charge is -2.19. The van der Waals surface area contributed by atoms with Crippen molar-refractivity contribution in [2.75, 3.05) is 5.32 Å². The predicted molar refractivity (Wildman–Crippen MR) is 93.1 cm³/mol. The molecule has 1 aromatic heterocycles. The van der Waals surface area contributed by atoms with Crippen molar-refractivity contribution in [3.05, 3.63) is 78.0 Å². The predicted octanol–water partition coefficient (Wildman–Crippen LogP) is 3.70. The molecule has 0 radical (unpaired) electrons. The molecule has 1 aliphatic heterocycles. The molecule has 0 saturated heterocycles. The maximum absolute atomic E-state index is 12.9. The minimum absolute atomic E-state index is 0.107. The Labute approximate surface area is 139 Å². The number of fused-ring (bicyclic) bond motifs is 3. The van der Waals surface area contributed by atoms with Crippen LogP contribution in [-0.4, -0.2) is 16.8 Å². The van der Waals surface area contributed by atoms with Gasteiger partial charge in [0.2, 0.25) is 5.91 Å². The van der Waals surface area contributed by atoms with Crippen LogP contribution in [0.2, 0.25) is 0 Å². The number of nitrogens with one attached hydrogen (secondary N) is 1. The number of anilines is 1. The van der Waals surface area contributed by atoms with Gasteiger partial charge in [-0.15, -0.1) is 0 Å². The van der Waals surface area contributed by atoms with Gasteiger partial charge in [-0.1, -0.05) is 48.5 Å². The number of aromatic nitrogens is 1. The average Bonchev–Trinajstić information content (AvgIpc) is 3.00. The van der Waals surface area contributed by atoms with Crippen molar-refractivity contribution in [2.45, 2.75) is 12.5 Å². The highest BCUT2D eigenvalue weighted by Crippen LogP contribution is 2.36. The molecule has 0 fully saturated rings. The molecule has 2 heterocycles. The second kappa shape index (κ2) is 5.81. The van der Waals surface area contributed by atoms with Crippen molar-refractivity contribution in [1.82, 2.24) is 4.57 Å². The van der Waals surface area contributed by atoms with E-state index in [4.69, 9.17) is 0 Å². The van der Waals surface area contributed by atoms with E-state index in [2.05, 4.69) is 5.32 Å². The van der Waals surface area contributed by atoms with Crippen molar-refractivity contribution in [1.29, 1.82) is 0 Å². The average molecular weight is 316 g/mol. The summed E-state index contributed by atoms with van der Waals surface area (Å²) in [5.74, 6) is -0.107. The van der Waals surface area contributed by atoms with Gasteiger partial charge < -0.3 is 9.88 Å². The first-order chi connectivity index (χ1) is 11.8. The van der Waals surface area contributed by atoms with E-state index in [1.807, 2.05) is 65.2 Å². The van der Waals surface area contributed by atoms with Crippen molar-refractivity contribution in [3.8, 4) is 11.3 Å². The fourth-order valence-corrected chi connectivity index (χ4v) is 3.30. The zero-order valence-corrected chi connectivity index (χ0v) is 13.0. The summed E-state index contributed by atoms with van der Waals surface area (Å²) in [5.41, 5.74) is 4.15. The van der Waals surface area contributed by atoms with E-state index in [-0.39, 0.29) is 5.91 Å². The third-order valence-electron chi connectivity index (χ3n) is 4.42. The highest BCUT2D eigenvalue weighted by atomic mass is 16.2. The van der Waals surface area contributed by atoms with E-state index in [1.165, 1.54) is 0 Å². The molecule has 0 saturated carbocycles. The molecule has 3 aromatic rings. The number of carbonyl (C=O) groups is 2. The number of benzene rings is 2. The molecule has 4 nitrogen and oxygen atoms in total. The van der Waals surface area contributed by atoms with Crippen LogP contribution in [0.5, 0.6) is 0 Å². The molecule has 4 heteroatoms. The van der Waals surface area contributed by atoms with Crippen LogP contribution in [0.3, 0.4) is 0 Å². The van der Waals surface area contributed by atoms with E-state index in [1.54, 1.807) is 6.07 Å². The lowest BCUT2D eigenvalue weighted by molar-refractivity contribution is -0.119. The Kier molecular flexibility index (Phi) is 3.50. The topological polar surface area (TPSA) is 51.1 Å². The van der Waals surface area contributed by atoms with Gasteiger partial charge in [0.25, 0.3) is 0 Å². The Bertz CT molecular complexity index is 912. The van der Waals surface area contributed by atoms with Gasteiger partial charge >= 0.3 is 0 Å². The zero-order valence-electron chi connectivity index (χ0n) is 13.0. The number of hydrogen-bond acceptors (Lipinski definition) is 2. The van der Waals surface area contributed by atoms with Gasteiger partial charge in [0.15, 0.2) is 6.29 Å². The SMILES string of the molecule is O=Cc1ccc2n1[C@@H](Cc1ccccc1)C(=O)Nc1ccccc1-2. The molecule has 1 N–H and O–H groups in total. The quantitative estimate of drug-likeness (QED) is 0.749. The summed E-state index contributed by atoms with van der Waals surface area (Å²) >= 11 is 0. The summed E-state index contributed by atoms with van der Waals surface area (Å²) in [5, 5.41) is 3.00. The lowest BCUT2D eigenvalue weighted by Crippen LogP contribution is -2.27. The third-order valence-corrected chi connectivity index (χ3v) is 4.42. The highest BCUT2D eigenvalue weighted by molar-refractivity contribution is 6.00. The molecular formula is C20H16N2O2. The Morgan fingerprint density at radius 1 is 0.958 bits per heavy atom. The van der Waals surface area contributed by atoms with Crippen LogP contribution in [0, 0.1) is 0 Å². The van der Waals surface area contributed by atoms with Gasteiger partial charge in [-0.25, -0.2) is 0 Å². The van der Waals surface area contributed by atoms with E-state index in [0.29, 0.717) is 12.1 Å². The Hall–Kier alpha value is -3.14. The number of para-hydroxylation sites is 1. The van der Waals surface area contributed by atoms with Crippen molar-refractivity contribution in [3.63, 3.8) is 0 Å². The Morgan fingerprint density at radius 3 is 2.50 bits per heavy atom. The minimum Gasteiger partial charge on any atom is -0.325 e. The molecule has 118 valence electrons. The number of carbonyl (C=O) groups excluding carboxylic acids is 2. The first-order valence-corrected chi connectivity index (χ1v) is 7.88. The van der Waals surface area contributed by atoms with E-state index >= 15 is 0 Å². The summed E-state index contributed by atoms with van der Waals surface area (Å²) in [4.78, 5) is 24.4. The molecule has 1 atom stereocenters. The minimum atomic E-state index is -0.468. The van der Waals surface area contributed by atoms with Gasteiger partial charge in [0.1, 0.15) is 6.04 Å². The van der Waals surface area contributed by atoms with E-state index in [0.717, 1.165) is 28.8 Å². The molecule has 4 rings (SSSR count). The number of rotatable bonds is 3. The monoisotopic (exact) mass is 316 g/mol. The molecule has 1 aliphatic rings. The largest absolute Gasteiger partial charge is 0.325 e. The van der Waals surface area contributed by atoms with E-state index in [9.17, 15) is 9.59 Å². The summed E-state index contributed by atoms with van der Waals surface area (Å²) in [6.07, 6.45) is 1.34. The van der Waals surface area contributed by atoms with Gasteiger partial charge in [-0.3, -0.25) is 9.59 Å². The van der Waals surface area contributed by atoms with Crippen LogP contribution in [0.15, 0.2) is 66.7 Å². The van der Waals surface area contributed by atoms with Crippen molar-refractivity contribution < 1.29 is 9.59 Å². The number of aldehydes is 1. The smallest absolute Gasteiger partial charge is 0.247 e. The number of hydrogen-bond donors (Lipinski definition) is 1. The standard InChI is InChI=1S/C20H16N2O2/c23-13-15-10-11-18-16-8-4-5-9-17(16)21-20(24)19(22(15)18)12-14-6-2-1-3-7-14/h1-11,13,19H,12H2,(H,21,24)/t19-/m0/s1. The number of amides is 1. The van der Waals surface area contributed by atoms with E-state index < -0.39 is 6.04 Å². The summed E-state index contributed by atoms with van der Waals surface area (Å²) in [6, 6.07) is 20.7. The normalized spacial score (nSPS) is 15.8. The van der Waals surface area contributed by atoms with Gasteiger partial charge in [-0.2, -0.15) is 0 Å². The first-order valence-electron chi connectivity index (χ1n) is 7.88. The van der Waals surface area contributed by atoms with Gasteiger partial charge in [0, 0.05) is 12.0 Å². The highest BCUT2D eigenvalue weighted by Gasteiger charge is 2.29. The second-order valence-electron chi connectivity index (χ2n) is 5.87. The van der Waals surface area contributed by atoms with Gasteiger partial charge in [-0.05, 0) is 23.8 Å². The molecule has 1 amide bonds. The number of nitrogens with zero attached hydrogens (tertiary/aromatic N) is 1. The van der Waals surface area contributed by atoms with Crippen molar-refractivity contribution in [2.24, 2.45) is 0 Å². The van der Waals surface area contributed by atoms with Crippen LogP contribution in [0.1, 0.15) is 22.1 Å². The van der Waals surface area contributed by atoms with Gasteiger partial charge in [0.05, 0.1) is 17.1 Å². The third kappa shape index (κ3) is 2.33. The van der Waals surface area contributed by atoms with Crippen LogP contribution in [0.4, 0.5) is 5.69 Å².